The quantitative estimate of drug-likeness (QED) is 0.932. The second kappa shape index (κ2) is 5.72. The molecule has 19 heavy (non-hydrogen) atoms. The van der Waals surface area contributed by atoms with Gasteiger partial charge < -0.3 is 9.84 Å². The van der Waals surface area contributed by atoms with E-state index in [0.717, 1.165) is 27.6 Å². The van der Waals surface area contributed by atoms with Crippen LogP contribution in [0.1, 0.15) is 32.8 Å². The van der Waals surface area contributed by atoms with Crippen LogP contribution >= 0.6 is 11.3 Å². The third kappa shape index (κ3) is 3.14. The summed E-state index contributed by atoms with van der Waals surface area (Å²) in [6.45, 7) is 6.05. The summed E-state index contributed by atoms with van der Waals surface area (Å²) in [6, 6.07) is 5.84. The van der Waals surface area contributed by atoms with Crippen molar-refractivity contribution in [2.45, 2.75) is 33.3 Å². The Morgan fingerprint density at radius 3 is 2.63 bits per heavy atom. The van der Waals surface area contributed by atoms with Crippen molar-refractivity contribution in [3.63, 3.8) is 0 Å². The second-order valence-electron chi connectivity index (χ2n) is 4.71. The van der Waals surface area contributed by atoms with E-state index in [1.54, 1.807) is 18.4 Å². The minimum Gasteiger partial charge on any atom is -0.496 e. The molecule has 1 N–H and O–H groups in total. The highest BCUT2D eigenvalue weighted by molar-refractivity contribution is 7.11. The van der Waals surface area contributed by atoms with E-state index >= 15 is 0 Å². The van der Waals surface area contributed by atoms with Crippen molar-refractivity contribution in [3.8, 4) is 5.75 Å². The van der Waals surface area contributed by atoms with Crippen LogP contribution in [0.25, 0.3) is 0 Å². The molecule has 2 rings (SSSR count). The van der Waals surface area contributed by atoms with Gasteiger partial charge in [0.15, 0.2) is 0 Å². The predicted molar refractivity (Wildman–Crippen MR) is 78.0 cm³/mol. The summed E-state index contributed by atoms with van der Waals surface area (Å²) in [5, 5.41) is 11.4. The Balaban J connectivity index is 2.24. The lowest BCUT2D eigenvalue weighted by atomic mass is 10.0. The summed E-state index contributed by atoms with van der Waals surface area (Å²) in [5.74, 6) is 0.725. The van der Waals surface area contributed by atoms with Crippen molar-refractivity contribution < 1.29 is 9.84 Å². The van der Waals surface area contributed by atoms with Crippen LogP contribution in [0.3, 0.4) is 0 Å². The van der Waals surface area contributed by atoms with Crippen LogP contribution in [0, 0.1) is 20.8 Å². The number of hydrogen-bond acceptors (Lipinski definition) is 4. The molecule has 1 atom stereocenters. The van der Waals surface area contributed by atoms with Crippen LogP contribution in [0.15, 0.2) is 18.2 Å². The Labute approximate surface area is 117 Å². The molecule has 102 valence electrons. The fraction of sp³-hybridized carbons (Fsp3) is 0.400. The lowest BCUT2D eigenvalue weighted by molar-refractivity contribution is 0.174. The highest BCUT2D eigenvalue weighted by atomic mass is 32.1. The summed E-state index contributed by atoms with van der Waals surface area (Å²) in [5.41, 5.74) is 2.98. The zero-order chi connectivity index (χ0) is 14.0. The van der Waals surface area contributed by atoms with Gasteiger partial charge in [-0.25, -0.2) is 4.98 Å². The molecule has 1 heterocycles. The van der Waals surface area contributed by atoms with E-state index in [1.807, 2.05) is 32.0 Å². The van der Waals surface area contributed by atoms with E-state index in [2.05, 4.69) is 11.9 Å². The Kier molecular flexibility index (Phi) is 4.22. The monoisotopic (exact) mass is 277 g/mol. The molecule has 0 aliphatic carbocycles. The number of ether oxygens (including phenoxy) is 1. The molecule has 1 aromatic carbocycles. The van der Waals surface area contributed by atoms with Gasteiger partial charge in [0.2, 0.25) is 0 Å². The molecule has 1 aromatic heterocycles. The Bertz CT molecular complexity index is 558. The van der Waals surface area contributed by atoms with Crippen LogP contribution in [0.5, 0.6) is 5.75 Å². The molecule has 2 aromatic rings. The Morgan fingerprint density at radius 1 is 1.32 bits per heavy atom. The number of aliphatic hydroxyl groups excluding tert-OH is 1. The summed E-state index contributed by atoms with van der Waals surface area (Å²) in [4.78, 5) is 5.68. The first kappa shape index (κ1) is 14.0. The lowest BCUT2D eigenvalue weighted by Crippen LogP contribution is -2.04. The maximum Gasteiger partial charge on any atom is 0.124 e. The van der Waals surface area contributed by atoms with E-state index in [4.69, 9.17) is 4.74 Å². The first-order valence-corrected chi connectivity index (χ1v) is 7.08. The van der Waals surface area contributed by atoms with Crippen molar-refractivity contribution >= 4 is 11.3 Å². The number of thiazole rings is 1. The van der Waals surface area contributed by atoms with Crippen LogP contribution < -0.4 is 4.74 Å². The fourth-order valence-electron chi connectivity index (χ4n) is 2.02. The number of aliphatic hydroxyl groups is 1. The van der Waals surface area contributed by atoms with E-state index in [0.29, 0.717) is 6.42 Å². The highest BCUT2D eigenvalue weighted by Crippen LogP contribution is 2.30. The number of benzene rings is 1. The van der Waals surface area contributed by atoms with Gasteiger partial charge in [-0.3, -0.25) is 0 Å². The second-order valence-corrected chi connectivity index (χ2v) is 6.00. The van der Waals surface area contributed by atoms with E-state index in [1.165, 1.54) is 4.88 Å². The maximum atomic E-state index is 10.4. The Morgan fingerprint density at radius 2 is 2.05 bits per heavy atom. The van der Waals surface area contributed by atoms with Gasteiger partial charge in [0.05, 0.1) is 23.9 Å². The molecular formula is C15H19NO2S. The molecule has 0 fully saturated rings. The molecule has 0 saturated heterocycles. The van der Waals surface area contributed by atoms with Gasteiger partial charge >= 0.3 is 0 Å². The van der Waals surface area contributed by atoms with Crippen LogP contribution in [-0.2, 0) is 6.42 Å². The third-order valence-electron chi connectivity index (χ3n) is 3.18. The largest absolute Gasteiger partial charge is 0.496 e. The van der Waals surface area contributed by atoms with Crippen molar-refractivity contribution in [3.05, 3.63) is 44.9 Å². The maximum absolute atomic E-state index is 10.4. The van der Waals surface area contributed by atoms with Gasteiger partial charge in [0, 0.05) is 16.9 Å². The van der Waals surface area contributed by atoms with E-state index in [-0.39, 0.29) is 0 Å². The van der Waals surface area contributed by atoms with Gasteiger partial charge in [0.25, 0.3) is 0 Å². The number of rotatable bonds is 4. The molecule has 0 amide bonds. The van der Waals surface area contributed by atoms with Crippen LogP contribution in [-0.4, -0.2) is 17.2 Å². The number of nitrogens with zero attached hydrogens (tertiary/aromatic N) is 1. The van der Waals surface area contributed by atoms with E-state index in [9.17, 15) is 5.11 Å². The summed E-state index contributed by atoms with van der Waals surface area (Å²) < 4.78 is 5.31. The normalized spacial score (nSPS) is 12.5. The molecule has 0 saturated carbocycles. The Hall–Kier alpha value is -1.39. The van der Waals surface area contributed by atoms with Crippen molar-refractivity contribution in [1.29, 1.82) is 0 Å². The lowest BCUT2D eigenvalue weighted by Gasteiger charge is -2.14. The average Bonchev–Trinajstić information content (AvgIpc) is 2.68. The van der Waals surface area contributed by atoms with Crippen molar-refractivity contribution in [2.24, 2.45) is 0 Å². The predicted octanol–water partition coefficient (Wildman–Crippen LogP) is 3.35. The number of hydrogen-bond donors (Lipinski definition) is 1. The molecule has 1 unspecified atom stereocenters. The van der Waals surface area contributed by atoms with Crippen LogP contribution in [0.2, 0.25) is 0 Å². The zero-order valence-corrected chi connectivity index (χ0v) is 12.5. The minimum atomic E-state index is -0.584. The van der Waals surface area contributed by atoms with Crippen molar-refractivity contribution in [2.75, 3.05) is 7.11 Å². The fourth-order valence-corrected chi connectivity index (χ4v) is 2.99. The van der Waals surface area contributed by atoms with E-state index < -0.39 is 6.10 Å². The first-order valence-electron chi connectivity index (χ1n) is 6.26. The third-order valence-corrected chi connectivity index (χ3v) is 4.28. The molecule has 0 aliphatic heterocycles. The molecule has 0 radical (unpaired) electrons. The average molecular weight is 277 g/mol. The summed E-state index contributed by atoms with van der Waals surface area (Å²) >= 11 is 1.64. The molecule has 0 spiro atoms. The topological polar surface area (TPSA) is 42.4 Å². The summed E-state index contributed by atoms with van der Waals surface area (Å²) in [6.07, 6.45) is -0.0566. The van der Waals surface area contributed by atoms with Gasteiger partial charge in [-0.2, -0.15) is 0 Å². The smallest absolute Gasteiger partial charge is 0.124 e. The summed E-state index contributed by atoms with van der Waals surface area (Å²) in [7, 11) is 1.62. The standard InChI is InChI=1S/C15H19NO2S/c1-9-5-6-14(18-4)12(7-9)13(17)8-15-16-10(2)11(3)19-15/h5-7,13,17H,8H2,1-4H3. The number of aromatic nitrogens is 1. The molecular weight excluding hydrogens is 258 g/mol. The van der Waals surface area contributed by atoms with Crippen molar-refractivity contribution in [1.82, 2.24) is 4.98 Å². The van der Waals surface area contributed by atoms with Gasteiger partial charge in [-0.1, -0.05) is 11.6 Å². The first-order chi connectivity index (χ1) is 9.01. The van der Waals surface area contributed by atoms with Gasteiger partial charge in [0.1, 0.15) is 5.75 Å². The zero-order valence-electron chi connectivity index (χ0n) is 11.7. The number of methoxy groups -OCH3 is 1. The SMILES string of the molecule is COc1ccc(C)cc1C(O)Cc1nc(C)c(C)s1. The molecule has 3 nitrogen and oxygen atoms in total. The minimum absolute atomic E-state index is 0.527. The van der Waals surface area contributed by atoms with Gasteiger partial charge in [-0.05, 0) is 32.9 Å². The van der Waals surface area contributed by atoms with Gasteiger partial charge in [-0.15, -0.1) is 11.3 Å². The molecule has 0 aliphatic rings. The highest BCUT2D eigenvalue weighted by Gasteiger charge is 2.16. The van der Waals surface area contributed by atoms with Crippen LogP contribution in [0.4, 0.5) is 0 Å². The molecule has 4 heteroatoms. The number of aryl methyl sites for hydroxylation is 3. The molecule has 0 bridgehead atoms.